The first-order chi connectivity index (χ1) is 19.5. The number of alkyl halides is 2. The number of nitrogens with two attached hydrogens (primary N) is 1. The van der Waals surface area contributed by atoms with Gasteiger partial charge in [-0.1, -0.05) is 24.8 Å². The number of nitrogens with one attached hydrogen (secondary N) is 1. The number of carbonyl (C=O) groups is 1. The van der Waals surface area contributed by atoms with Crippen molar-refractivity contribution in [3.05, 3.63) is 78.8 Å². The van der Waals surface area contributed by atoms with Gasteiger partial charge in [-0.15, -0.1) is 0 Å². The number of ether oxygens (including phenoxy) is 1. The number of fused-ring (bicyclic) bond motifs is 1. The zero-order valence-corrected chi connectivity index (χ0v) is 23.0. The monoisotopic (exact) mass is 566 g/mol. The molecule has 0 bridgehead atoms. The third kappa shape index (κ3) is 7.16. The number of rotatable bonds is 7. The van der Waals surface area contributed by atoms with Gasteiger partial charge in [0.05, 0.1) is 25.2 Å². The number of likely N-dealkylation sites (N-methyl/N-ethyl adjacent to an activating group) is 2. The number of anilines is 2. The van der Waals surface area contributed by atoms with Gasteiger partial charge < -0.3 is 29.4 Å². The first-order valence-corrected chi connectivity index (χ1v) is 12.7. The van der Waals surface area contributed by atoms with E-state index >= 15 is 0 Å². The largest absolute Gasteiger partial charge is 0.506 e. The van der Waals surface area contributed by atoms with E-state index in [1.54, 1.807) is 31.6 Å². The predicted molar refractivity (Wildman–Crippen MR) is 152 cm³/mol. The number of aliphatic hydroxyl groups is 1. The highest BCUT2D eigenvalue weighted by molar-refractivity contribution is 5.95. The molecule has 0 saturated carbocycles. The number of furan rings is 1. The van der Waals surface area contributed by atoms with E-state index in [1.807, 2.05) is 48.3 Å². The fourth-order valence-electron chi connectivity index (χ4n) is 4.32. The van der Waals surface area contributed by atoms with E-state index in [0.717, 1.165) is 30.5 Å². The molecule has 4 N–H and O–H groups in total. The van der Waals surface area contributed by atoms with Gasteiger partial charge in [-0.25, -0.2) is 4.98 Å². The molecule has 3 heterocycles. The van der Waals surface area contributed by atoms with Gasteiger partial charge in [0.25, 0.3) is 5.91 Å². The van der Waals surface area contributed by atoms with Crippen LogP contribution in [0.3, 0.4) is 0 Å². The molecule has 1 amide bonds. The van der Waals surface area contributed by atoms with E-state index in [2.05, 4.69) is 39.5 Å². The quantitative estimate of drug-likeness (QED) is 0.208. The van der Waals surface area contributed by atoms with Gasteiger partial charge >= 0.3 is 6.05 Å². The van der Waals surface area contributed by atoms with Crippen LogP contribution in [0.5, 0.6) is 5.75 Å². The van der Waals surface area contributed by atoms with E-state index in [-0.39, 0.29) is 11.9 Å². The summed E-state index contributed by atoms with van der Waals surface area (Å²) in [6, 6.07) is 11.7. The topological polar surface area (TPSA) is 130 Å². The number of benzene rings is 2. The number of hydrogen-bond acceptors (Lipinski definition) is 9. The van der Waals surface area contributed by atoms with Gasteiger partial charge in [0, 0.05) is 30.6 Å². The van der Waals surface area contributed by atoms with Gasteiger partial charge in [0.15, 0.2) is 11.5 Å². The van der Waals surface area contributed by atoms with Gasteiger partial charge in [0.2, 0.25) is 0 Å². The zero-order chi connectivity index (χ0) is 29.7. The Hall–Kier alpha value is -4.55. The van der Waals surface area contributed by atoms with E-state index < -0.39 is 11.8 Å². The van der Waals surface area contributed by atoms with E-state index in [4.69, 9.17) is 14.3 Å². The molecule has 5 rings (SSSR count). The minimum atomic E-state index is -3.64. The summed E-state index contributed by atoms with van der Waals surface area (Å²) >= 11 is 0. The molecule has 2 aromatic carbocycles. The molecule has 1 aliphatic rings. The lowest BCUT2D eigenvalue weighted by atomic mass is 10.1. The first kappa shape index (κ1) is 29.4. The molecule has 1 fully saturated rings. The van der Waals surface area contributed by atoms with E-state index in [0.29, 0.717) is 34.3 Å². The van der Waals surface area contributed by atoms with Crippen LogP contribution in [0, 0.1) is 0 Å². The van der Waals surface area contributed by atoms with Crippen molar-refractivity contribution in [2.75, 3.05) is 39.6 Å². The van der Waals surface area contributed by atoms with E-state index in [9.17, 15) is 13.6 Å². The first-order valence-electron chi connectivity index (χ1n) is 12.7. The summed E-state index contributed by atoms with van der Waals surface area (Å²) in [5.41, 5.74) is 6.69. The predicted octanol–water partition coefficient (Wildman–Crippen LogP) is 5.03. The Morgan fingerprint density at radius 2 is 2.00 bits per heavy atom. The number of aliphatic hydroxyl groups excluding tert-OH is 1. The van der Waals surface area contributed by atoms with Crippen LogP contribution >= 0.6 is 0 Å². The molecule has 10 nitrogen and oxygen atoms in total. The lowest BCUT2D eigenvalue weighted by Gasteiger charge is -2.25. The molecule has 1 saturated heterocycles. The number of hydrogen-bond donors (Lipinski definition) is 3. The van der Waals surface area contributed by atoms with Crippen molar-refractivity contribution in [3.8, 4) is 17.2 Å². The molecule has 12 heteroatoms. The molecule has 1 aliphatic heterocycles. The van der Waals surface area contributed by atoms with Crippen LogP contribution in [0.1, 0.15) is 16.8 Å². The third-order valence-electron chi connectivity index (χ3n) is 6.64. The molecule has 216 valence electrons. The molecule has 0 radical (unpaired) electrons. The van der Waals surface area contributed by atoms with Crippen LogP contribution in [-0.4, -0.2) is 77.2 Å². The average molecular weight is 567 g/mol. The van der Waals surface area contributed by atoms with Crippen molar-refractivity contribution >= 4 is 28.4 Å². The minimum Gasteiger partial charge on any atom is -0.506 e. The summed E-state index contributed by atoms with van der Waals surface area (Å²) in [6.07, 6.45) is 4.28. The van der Waals surface area contributed by atoms with Crippen molar-refractivity contribution in [3.63, 3.8) is 0 Å². The second-order valence-corrected chi connectivity index (χ2v) is 9.67. The van der Waals surface area contributed by atoms with Gasteiger partial charge in [-0.05, 0) is 50.3 Å². The Bertz CT molecular complexity index is 1500. The van der Waals surface area contributed by atoms with Crippen molar-refractivity contribution in [2.45, 2.75) is 18.5 Å². The molecule has 1 atom stereocenters. The van der Waals surface area contributed by atoms with Crippen LogP contribution in [-0.2, 0) is 0 Å². The van der Waals surface area contributed by atoms with E-state index in [1.165, 1.54) is 0 Å². The highest BCUT2D eigenvalue weighted by Gasteiger charge is 2.27. The Morgan fingerprint density at radius 3 is 2.63 bits per heavy atom. The SMILES string of the molecule is C=C(O)C(N)(F)F.COc1cc(C(=O)N(C)C2CCN(C)C2)ccc1Nc1cncc(-c2cc3ccccc3o2)n1. The fraction of sp³-hybridized carbons (Fsp3) is 0.276. The number of halogens is 2. The van der Waals surface area contributed by atoms with Crippen LogP contribution in [0.25, 0.3) is 22.4 Å². The van der Waals surface area contributed by atoms with Crippen LogP contribution in [0.15, 0.2) is 77.7 Å². The molecular weight excluding hydrogens is 534 g/mol. The maximum Gasteiger partial charge on any atom is 0.357 e. The Labute approximate surface area is 236 Å². The fourth-order valence-corrected chi connectivity index (χ4v) is 4.32. The Kier molecular flexibility index (Phi) is 8.84. The van der Waals surface area contributed by atoms with Crippen molar-refractivity contribution in [1.29, 1.82) is 0 Å². The maximum absolute atomic E-state index is 13.1. The number of nitrogens with zero attached hydrogens (tertiary/aromatic N) is 4. The Balaban J connectivity index is 0.000000493. The third-order valence-corrected chi connectivity index (χ3v) is 6.64. The molecule has 41 heavy (non-hydrogen) atoms. The van der Waals surface area contributed by atoms with Gasteiger partial charge in [0.1, 0.15) is 22.8 Å². The van der Waals surface area contributed by atoms with Crippen molar-refractivity contribution in [2.24, 2.45) is 5.73 Å². The highest BCUT2D eigenvalue weighted by atomic mass is 19.3. The van der Waals surface area contributed by atoms with Crippen LogP contribution in [0.2, 0.25) is 0 Å². The molecule has 1 unspecified atom stereocenters. The van der Waals surface area contributed by atoms with Crippen molar-refractivity contribution in [1.82, 2.24) is 19.8 Å². The maximum atomic E-state index is 13.1. The van der Waals surface area contributed by atoms with Crippen LogP contribution < -0.4 is 15.8 Å². The van der Waals surface area contributed by atoms with Gasteiger partial charge in [-0.3, -0.25) is 15.5 Å². The summed E-state index contributed by atoms with van der Waals surface area (Å²) in [7, 11) is 5.53. The van der Waals surface area contributed by atoms with Gasteiger partial charge in [-0.2, -0.15) is 8.78 Å². The summed E-state index contributed by atoms with van der Waals surface area (Å²) in [5, 5.41) is 12.1. The normalized spacial score (nSPS) is 15.2. The zero-order valence-electron chi connectivity index (χ0n) is 23.0. The summed E-state index contributed by atoms with van der Waals surface area (Å²) < 4.78 is 34.0. The standard InChI is InChI=1S/C26H27N5O3.C3H5F2NO/c1-30-11-10-19(16-30)31(2)26(32)18-8-9-20(23(13-18)33-3)28-25-15-27-14-21(29-25)24-12-17-6-4-5-7-22(17)34-24;1-2(7)3(4,5)6/h4-9,12-15,19H,10-11,16H2,1-3H3,(H,28,29);7H,1,6H2. The summed E-state index contributed by atoms with van der Waals surface area (Å²) in [5.74, 6) is 0.412. The average Bonchev–Trinajstić information content (AvgIpc) is 3.59. The number of methoxy groups -OCH3 is 1. The number of para-hydroxylation sites is 1. The number of amides is 1. The molecule has 0 aliphatic carbocycles. The Morgan fingerprint density at radius 1 is 1.27 bits per heavy atom. The lowest BCUT2D eigenvalue weighted by molar-refractivity contribution is 0.00709. The highest BCUT2D eigenvalue weighted by Crippen LogP contribution is 2.31. The molecular formula is C29H32F2N6O4. The summed E-state index contributed by atoms with van der Waals surface area (Å²) in [4.78, 5) is 26.1. The van der Waals surface area contributed by atoms with Crippen LogP contribution in [0.4, 0.5) is 20.3 Å². The summed E-state index contributed by atoms with van der Waals surface area (Å²) in [6.45, 7) is 4.40. The second-order valence-electron chi connectivity index (χ2n) is 9.67. The second kappa shape index (κ2) is 12.3. The number of likely N-dealkylation sites (tertiary alicyclic amines) is 1. The molecule has 0 spiro atoms. The number of aromatic nitrogens is 2. The minimum absolute atomic E-state index is 0.0168. The number of carbonyl (C=O) groups excluding carboxylic acids is 1. The molecule has 2 aromatic heterocycles. The smallest absolute Gasteiger partial charge is 0.357 e. The lowest BCUT2D eigenvalue weighted by Crippen LogP contribution is -2.38. The van der Waals surface area contributed by atoms with Crippen molar-refractivity contribution < 1.29 is 27.8 Å². The molecule has 4 aromatic rings.